The van der Waals surface area contributed by atoms with Gasteiger partial charge < -0.3 is 10.1 Å². The van der Waals surface area contributed by atoms with Crippen LogP contribution < -0.4 is 5.32 Å². The summed E-state index contributed by atoms with van der Waals surface area (Å²) in [6, 6.07) is 21.7. The van der Waals surface area contributed by atoms with Crippen LogP contribution in [0.25, 0.3) is 16.5 Å². The molecule has 0 amide bonds. The molecule has 29 heavy (non-hydrogen) atoms. The molecule has 5 rings (SSSR count). The average Bonchev–Trinajstić information content (AvgIpc) is 3.04. The highest BCUT2D eigenvalue weighted by Crippen LogP contribution is 2.47. The Morgan fingerprint density at radius 1 is 0.931 bits per heavy atom. The molecule has 3 aromatic rings. The molecule has 0 aromatic heterocycles. The first-order valence-corrected chi connectivity index (χ1v) is 9.53. The van der Waals surface area contributed by atoms with Crippen LogP contribution in [-0.2, 0) is 9.53 Å². The average molecular weight is 381 g/mol. The third kappa shape index (κ3) is 2.53. The van der Waals surface area contributed by atoms with E-state index in [9.17, 15) is 9.59 Å². The van der Waals surface area contributed by atoms with Gasteiger partial charge in [-0.05, 0) is 23.3 Å². The number of nitrogens with one attached hydrogen (secondary N) is 1. The number of allylic oxidation sites excluding steroid dienone is 2. The van der Waals surface area contributed by atoms with Crippen LogP contribution in [0.3, 0.4) is 0 Å². The monoisotopic (exact) mass is 381 g/mol. The largest absolute Gasteiger partial charge is 0.466 e. The molecule has 0 radical (unpaired) electrons. The molecule has 4 heteroatoms. The Morgan fingerprint density at radius 3 is 2.38 bits per heavy atom. The summed E-state index contributed by atoms with van der Waals surface area (Å²) < 4.78 is 5.09. The van der Waals surface area contributed by atoms with E-state index in [0.717, 1.165) is 27.6 Å². The fourth-order valence-electron chi connectivity index (χ4n) is 4.43. The second-order valence-electron chi connectivity index (χ2n) is 7.36. The summed E-state index contributed by atoms with van der Waals surface area (Å²) in [4.78, 5) is 26.1. The number of hydrogen-bond donors (Lipinski definition) is 1. The van der Waals surface area contributed by atoms with E-state index in [0.29, 0.717) is 22.4 Å². The number of benzene rings is 3. The van der Waals surface area contributed by atoms with Crippen molar-refractivity contribution in [3.8, 4) is 0 Å². The van der Waals surface area contributed by atoms with E-state index in [1.54, 1.807) is 0 Å². The van der Waals surface area contributed by atoms with Crippen molar-refractivity contribution in [3.63, 3.8) is 0 Å². The fraction of sp³-hybridized carbons (Fsp3) is 0.120. The number of rotatable bonds is 2. The maximum Gasteiger partial charge on any atom is 0.336 e. The molecule has 4 nitrogen and oxygen atoms in total. The van der Waals surface area contributed by atoms with Crippen LogP contribution in [0.15, 0.2) is 83.6 Å². The predicted molar refractivity (Wildman–Crippen MR) is 112 cm³/mol. The van der Waals surface area contributed by atoms with Crippen molar-refractivity contribution >= 4 is 28.2 Å². The Labute approximate surface area is 168 Å². The van der Waals surface area contributed by atoms with Gasteiger partial charge in [0.2, 0.25) is 0 Å². The van der Waals surface area contributed by atoms with E-state index in [4.69, 9.17) is 4.74 Å². The molecule has 1 aliphatic carbocycles. The zero-order valence-electron chi connectivity index (χ0n) is 16.2. The van der Waals surface area contributed by atoms with E-state index < -0.39 is 11.9 Å². The quantitative estimate of drug-likeness (QED) is 0.660. The van der Waals surface area contributed by atoms with Crippen LogP contribution in [0.1, 0.15) is 34.3 Å². The minimum Gasteiger partial charge on any atom is -0.466 e. The van der Waals surface area contributed by atoms with Gasteiger partial charge in [0.15, 0.2) is 5.78 Å². The van der Waals surface area contributed by atoms with Gasteiger partial charge in [-0.1, -0.05) is 66.7 Å². The number of esters is 1. The van der Waals surface area contributed by atoms with Crippen molar-refractivity contribution in [2.24, 2.45) is 0 Å². The third-order valence-electron chi connectivity index (χ3n) is 5.76. The number of carbonyl (C=O) groups is 2. The van der Waals surface area contributed by atoms with Crippen LogP contribution >= 0.6 is 0 Å². The number of ether oxygens (including phenoxy) is 1. The topological polar surface area (TPSA) is 55.4 Å². The Morgan fingerprint density at radius 2 is 1.62 bits per heavy atom. The molecule has 0 fully saturated rings. The number of methoxy groups -OCH3 is 1. The van der Waals surface area contributed by atoms with E-state index in [2.05, 4.69) is 11.4 Å². The highest BCUT2D eigenvalue weighted by molar-refractivity contribution is 6.23. The van der Waals surface area contributed by atoms with E-state index >= 15 is 0 Å². The number of hydrogen-bond acceptors (Lipinski definition) is 4. The van der Waals surface area contributed by atoms with Crippen LogP contribution in [0.2, 0.25) is 0 Å². The second-order valence-corrected chi connectivity index (χ2v) is 7.36. The van der Waals surface area contributed by atoms with Gasteiger partial charge in [0.1, 0.15) is 0 Å². The van der Waals surface area contributed by atoms with Gasteiger partial charge in [-0.15, -0.1) is 0 Å². The van der Waals surface area contributed by atoms with Gasteiger partial charge in [0.05, 0.1) is 18.4 Å². The smallest absolute Gasteiger partial charge is 0.336 e. The molecule has 1 N–H and O–H groups in total. The Bertz CT molecular complexity index is 1270. The number of dihydropyridines is 1. The second kappa shape index (κ2) is 6.45. The molecule has 0 unspecified atom stereocenters. The zero-order chi connectivity index (χ0) is 20.1. The summed E-state index contributed by atoms with van der Waals surface area (Å²) in [5.74, 6) is -0.957. The lowest BCUT2D eigenvalue weighted by Gasteiger charge is -2.29. The standard InChI is InChI=1S/C25H19NO3/c1-14-20(25(28)29-2)21(17-12-11-15-7-3-4-8-16(15)13-17)22-23(26-14)18-9-5-6-10-19(18)24(22)27/h3-13,21,26H,1-2H3/t21-/m1/s1. The zero-order valence-corrected chi connectivity index (χ0v) is 16.2. The molecule has 0 saturated carbocycles. The first kappa shape index (κ1) is 17.4. The molecule has 0 bridgehead atoms. The van der Waals surface area contributed by atoms with Crippen molar-refractivity contribution < 1.29 is 14.3 Å². The Kier molecular flexibility index (Phi) is 3.88. The van der Waals surface area contributed by atoms with Gasteiger partial charge >= 0.3 is 5.97 Å². The molecular weight excluding hydrogens is 362 g/mol. The van der Waals surface area contributed by atoms with Crippen molar-refractivity contribution in [1.82, 2.24) is 5.32 Å². The first-order chi connectivity index (χ1) is 14.1. The maximum atomic E-state index is 13.4. The number of ketones is 1. The van der Waals surface area contributed by atoms with Crippen molar-refractivity contribution in [3.05, 3.63) is 100 Å². The summed E-state index contributed by atoms with van der Waals surface area (Å²) in [5.41, 5.74) is 5.01. The minimum atomic E-state index is -0.483. The maximum absolute atomic E-state index is 13.4. The van der Waals surface area contributed by atoms with Crippen LogP contribution in [0.4, 0.5) is 0 Å². The summed E-state index contributed by atoms with van der Waals surface area (Å²) >= 11 is 0. The minimum absolute atomic E-state index is 0.0461. The molecular formula is C25H19NO3. The summed E-state index contributed by atoms with van der Waals surface area (Å²) in [5, 5.41) is 5.48. The fourth-order valence-corrected chi connectivity index (χ4v) is 4.43. The lowest BCUT2D eigenvalue weighted by molar-refractivity contribution is -0.136. The van der Waals surface area contributed by atoms with Gasteiger partial charge in [0.25, 0.3) is 0 Å². The highest BCUT2D eigenvalue weighted by atomic mass is 16.5. The molecule has 0 spiro atoms. The molecule has 1 heterocycles. The number of carbonyl (C=O) groups excluding carboxylic acids is 2. The lowest BCUT2D eigenvalue weighted by atomic mass is 9.79. The predicted octanol–water partition coefficient (Wildman–Crippen LogP) is 4.58. The summed E-state index contributed by atoms with van der Waals surface area (Å²) in [6.07, 6.45) is 0. The molecule has 142 valence electrons. The van der Waals surface area contributed by atoms with E-state index in [1.165, 1.54) is 7.11 Å². The molecule has 2 aliphatic rings. The molecule has 0 saturated heterocycles. The Balaban J connectivity index is 1.76. The van der Waals surface area contributed by atoms with Crippen molar-refractivity contribution in [2.45, 2.75) is 12.8 Å². The van der Waals surface area contributed by atoms with E-state index in [-0.39, 0.29) is 5.78 Å². The van der Waals surface area contributed by atoms with Gasteiger partial charge in [-0.25, -0.2) is 4.79 Å². The first-order valence-electron chi connectivity index (χ1n) is 9.53. The third-order valence-corrected chi connectivity index (χ3v) is 5.76. The lowest BCUT2D eigenvalue weighted by Crippen LogP contribution is -2.29. The van der Waals surface area contributed by atoms with Gasteiger partial charge in [-0.2, -0.15) is 0 Å². The van der Waals surface area contributed by atoms with Gasteiger partial charge in [0, 0.05) is 28.3 Å². The van der Waals surface area contributed by atoms with Crippen LogP contribution in [-0.4, -0.2) is 18.9 Å². The SMILES string of the molecule is COC(=O)C1=C(C)NC2=C(C(=O)c3ccccc32)[C@@H]1c1ccc2ccccc2c1. The molecule has 3 aromatic carbocycles. The van der Waals surface area contributed by atoms with Crippen LogP contribution in [0, 0.1) is 0 Å². The van der Waals surface area contributed by atoms with Gasteiger partial charge in [-0.3, -0.25) is 4.79 Å². The normalized spacial score (nSPS) is 17.9. The molecule has 1 atom stereocenters. The molecule has 1 aliphatic heterocycles. The summed E-state index contributed by atoms with van der Waals surface area (Å²) in [6.45, 7) is 1.86. The van der Waals surface area contributed by atoms with Crippen molar-refractivity contribution in [2.75, 3.05) is 7.11 Å². The number of Topliss-reactive ketones (excluding diaryl/α,β-unsaturated/α-hetero) is 1. The highest BCUT2D eigenvalue weighted by Gasteiger charge is 2.42. The summed E-state index contributed by atoms with van der Waals surface area (Å²) in [7, 11) is 1.37. The van der Waals surface area contributed by atoms with E-state index in [1.807, 2.05) is 67.6 Å². The number of fused-ring (bicyclic) bond motifs is 3. The van der Waals surface area contributed by atoms with Crippen LogP contribution in [0.5, 0.6) is 0 Å². The van der Waals surface area contributed by atoms with Crippen molar-refractivity contribution in [1.29, 1.82) is 0 Å². The Hall–Kier alpha value is -3.66.